The van der Waals surface area contributed by atoms with Crippen LogP contribution in [0, 0.1) is 11.3 Å². The lowest BCUT2D eigenvalue weighted by Crippen LogP contribution is -2.33. The van der Waals surface area contributed by atoms with E-state index in [2.05, 4.69) is 17.2 Å². The van der Waals surface area contributed by atoms with E-state index in [4.69, 9.17) is 16.7 Å². The fourth-order valence-electron chi connectivity index (χ4n) is 2.00. The van der Waals surface area contributed by atoms with Crippen LogP contribution in [-0.2, 0) is 4.79 Å². The summed E-state index contributed by atoms with van der Waals surface area (Å²) in [5, 5.41) is 12.4. The minimum Gasteiger partial charge on any atom is -0.397 e. The number of nitrogens with zero attached hydrogens (tertiary/aromatic N) is 2. The number of nitrogen functional groups attached to an aromatic ring is 2. The smallest absolute Gasteiger partial charge is 0.230 e. The van der Waals surface area contributed by atoms with Crippen molar-refractivity contribution in [2.24, 2.45) is 0 Å². The highest BCUT2D eigenvalue weighted by molar-refractivity contribution is 8.00. The molecule has 1 heterocycles. The maximum absolute atomic E-state index is 11.9. The van der Waals surface area contributed by atoms with Gasteiger partial charge in [0.05, 0.1) is 11.4 Å². The molecule has 0 fully saturated rings. The SMILES string of the molecule is CCCCC[C@H](C)NC(=O)CSc1nc(N)cc(N)c1C#N. The second kappa shape index (κ2) is 9.15. The topological polar surface area (TPSA) is 118 Å². The number of pyridine rings is 1. The van der Waals surface area contributed by atoms with Crippen molar-refractivity contribution in [1.29, 1.82) is 5.26 Å². The number of hydrogen-bond donors (Lipinski definition) is 3. The summed E-state index contributed by atoms with van der Waals surface area (Å²) in [4.78, 5) is 16.0. The number of unbranched alkanes of at least 4 members (excludes halogenated alkanes) is 2. The highest BCUT2D eigenvalue weighted by atomic mass is 32.2. The van der Waals surface area contributed by atoms with Crippen LogP contribution in [0.5, 0.6) is 0 Å². The van der Waals surface area contributed by atoms with E-state index in [9.17, 15) is 4.79 Å². The largest absolute Gasteiger partial charge is 0.397 e. The van der Waals surface area contributed by atoms with Crippen LogP contribution in [0.4, 0.5) is 11.5 Å². The molecule has 120 valence electrons. The van der Waals surface area contributed by atoms with Crippen molar-refractivity contribution in [1.82, 2.24) is 10.3 Å². The first-order valence-corrected chi connectivity index (χ1v) is 8.34. The van der Waals surface area contributed by atoms with Gasteiger partial charge in [-0.25, -0.2) is 4.98 Å². The van der Waals surface area contributed by atoms with Crippen molar-refractivity contribution < 1.29 is 4.79 Å². The number of carbonyl (C=O) groups excluding carboxylic acids is 1. The third kappa shape index (κ3) is 5.82. The van der Waals surface area contributed by atoms with E-state index in [-0.39, 0.29) is 34.8 Å². The van der Waals surface area contributed by atoms with Crippen molar-refractivity contribution in [3.8, 4) is 6.07 Å². The summed E-state index contributed by atoms with van der Waals surface area (Å²) in [7, 11) is 0. The Morgan fingerprint density at radius 2 is 2.23 bits per heavy atom. The maximum atomic E-state index is 11.9. The van der Waals surface area contributed by atoms with Crippen LogP contribution in [0.25, 0.3) is 0 Å². The van der Waals surface area contributed by atoms with Gasteiger partial charge in [0.2, 0.25) is 5.91 Å². The van der Waals surface area contributed by atoms with E-state index in [1.165, 1.54) is 24.2 Å². The van der Waals surface area contributed by atoms with Crippen molar-refractivity contribution in [2.75, 3.05) is 17.2 Å². The van der Waals surface area contributed by atoms with Crippen LogP contribution >= 0.6 is 11.8 Å². The fraction of sp³-hybridized carbons (Fsp3) is 0.533. The number of anilines is 2. The molecule has 1 amide bonds. The standard InChI is InChI=1S/C15H23N5OS/c1-3-4-5-6-10(2)19-14(21)9-22-15-11(8-16)12(17)7-13(18)20-15/h7,10H,3-6,9H2,1-2H3,(H,19,21)(H4,17,18,20)/t10-/m0/s1. The van der Waals surface area contributed by atoms with E-state index in [1.54, 1.807) is 0 Å². The Kier molecular flexibility index (Phi) is 7.54. The molecule has 0 aliphatic rings. The van der Waals surface area contributed by atoms with Crippen molar-refractivity contribution in [3.05, 3.63) is 11.6 Å². The molecule has 0 aliphatic carbocycles. The predicted molar refractivity (Wildman–Crippen MR) is 90.2 cm³/mol. The molecule has 0 aliphatic heterocycles. The van der Waals surface area contributed by atoms with E-state index >= 15 is 0 Å². The zero-order valence-electron chi connectivity index (χ0n) is 13.1. The molecule has 1 atom stereocenters. The lowest BCUT2D eigenvalue weighted by atomic mass is 10.1. The third-order valence-electron chi connectivity index (χ3n) is 3.14. The Bertz CT molecular complexity index is 556. The molecule has 22 heavy (non-hydrogen) atoms. The zero-order valence-corrected chi connectivity index (χ0v) is 13.9. The van der Waals surface area contributed by atoms with Gasteiger partial charge in [0.1, 0.15) is 22.5 Å². The first-order valence-electron chi connectivity index (χ1n) is 7.36. The molecule has 0 bridgehead atoms. The van der Waals surface area contributed by atoms with Crippen molar-refractivity contribution in [2.45, 2.75) is 50.6 Å². The molecule has 0 unspecified atom stereocenters. The number of thioether (sulfide) groups is 1. The molecule has 0 radical (unpaired) electrons. The van der Waals surface area contributed by atoms with Gasteiger partial charge in [0.25, 0.3) is 0 Å². The molecule has 0 saturated carbocycles. The number of aromatic nitrogens is 1. The minimum absolute atomic E-state index is 0.0827. The monoisotopic (exact) mass is 321 g/mol. The summed E-state index contributed by atoms with van der Waals surface area (Å²) in [5.41, 5.74) is 11.9. The molecule has 1 rings (SSSR count). The number of rotatable bonds is 8. The van der Waals surface area contributed by atoms with Crippen molar-refractivity contribution >= 4 is 29.2 Å². The van der Waals surface area contributed by atoms with Gasteiger partial charge in [-0.1, -0.05) is 37.9 Å². The molecule has 7 heteroatoms. The van der Waals surface area contributed by atoms with Crippen LogP contribution in [0.15, 0.2) is 11.1 Å². The van der Waals surface area contributed by atoms with Gasteiger partial charge in [-0.2, -0.15) is 5.26 Å². The summed E-state index contributed by atoms with van der Waals surface area (Å²) < 4.78 is 0. The second-order valence-corrected chi connectivity index (χ2v) is 6.15. The van der Waals surface area contributed by atoms with Gasteiger partial charge in [0.15, 0.2) is 0 Å². The Labute approximate surface area is 135 Å². The number of hydrogen-bond acceptors (Lipinski definition) is 6. The first kappa shape index (κ1) is 18.1. The molecule has 0 spiro atoms. The number of nitrogens with two attached hydrogens (primary N) is 2. The van der Waals surface area contributed by atoms with Gasteiger partial charge in [0, 0.05) is 12.1 Å². The Morgan fingerprint density at radius 1 is 1.50 bits per heavy atom. The quantitative estimate of drug-likeness (QED) is 0.499. The summed E-state index contributed by atoms with van der Waals surface area (Å²) in [6, 6.07) is 3.58. The number of carbonyl (C=O) groups is 1. The lowest BCUT2D eigenvalue weighted by Gasteiger charge is -2.13. The molecule has 1 aromatic heterocycles. The normalized spacial score (nSPS) is 11.7. The molecule has 5 N–H and O–H groups in total. The van der Waals surface area contributed by atoms with Crippen LogP contribution in [-0.4, -0.2) is 22.7 Å². The summed E-state index contributed by atoms with van der Waals surface area (Å²) >= 11 is 1.17. The van der Waals surface area contributed by atoms with Crippen molar-refractivity contribution in [3.63, 3.8) is 0 Å². The molecular weight excluding hydrogens is 298 g/mol. The highest BCUT2D eigenvalue weighted by Gasteiger charge is 2.13. The summed E-state index contributed by atoms with van der Waals surface area (Å²) in [5.74, 6) is 0.343. The Morgan fingerprint density at radius 3 is 2.86 bits per heavy atom. The Hall–Kier alpha value is -1.94. The molecule has 0 saturated heterocycles. The van der Waals surface area contributed by atoms with E-state index in [1.807, 2.05) is 13.0 Å². The van der Waals surface area contributed by atoms with Crippen LogP contribution in [0.3, 0.4) is 0 Å². The van der Waals surface area contributed by atoms with E-state index in [0.29, 0.717) is 5.03 Å². The lowest BCUT2D eigenvalue weighted by molar-refractivity contribution is -0.119. The second-order valence-electron chi connectivity index (χ2n) is 5.18. The van der Waals surface area contributed by atoms with Crippen LogP contribution in [0.2, 0.25) is 0 Å². The first-order chi connectivity index (χ1) is 10.5. The number of nitrogens with one attached hydrogen (secondary N) is 1. The predicted octanol–water partition coefficient (Wildman–Crippen LogP) is 2.29. The van der Waals surface area contributed by atoms with Gasteiger partial charge in [-0.15, -0.1) is 0 Å². The summed E-state index contributed by atoms with van der Waals surface area (Å²) in [6.45, 7) is 4.15. The zero-order chi connectivity index (χ0) is 16.5. The average molecular weight is 321 g/mol. The number of amides is 1. The van der Waals surface area contributed by atoms with Crippen LogP contribution < -0.4 is 16.8 Å². The minimum atomic E-state index is -0.0827. The molecular formula is C15H23N5OS. The van der Waals surface area contributed by atoms with Gasteiger partial charge in [-0.3, -0.25) is 4.79 Å². The Balaban J connectivity index is 2.53. The van der Waals surface area contributed by atoms with Gasteiger partial charge >= 0.3 is 0 Å². The van der Waals surface area contributed by atoms with Gasteiger partial charge < -0.3 is 16.8 Å². The highest BCUT2D eigenvalue weighted by Crippen LogP contribution is 2.26. The molecule has 0 aromatic carbocycles. The third-order valence-corrected chi connectivity index (χ3v) is 4.11. The number of nitriles is 1. The summed E-state index contributed by atoms with van der Waals surface area (Å²) in [6.07, 6.45) is 4.41. The fourth-order valence-corrected chi connectivity index (χ4v) is 2.83. The van der Waals surface area contributed by atoms with Crippen LogP contribution in [0.1, 0.15) is 45.1 Å². The average Bonchev–Trinajstić information content (AvgIpc) is 2.45. The van der Waals surface area contributed by atoms with Gasteiger partial charge in [-0.05, 0) is 13.3 Å². The van der Waals surface area contributed by atoms with E-state index < -0.39 is 0 Å². The maximum Gasteiger partial charge on any atom is 0.230 e. The molecule has 1 aromatic rings. The molecule has 6 nitrogen and oxygen atoms in total. The van der Waals surface area contributed by atoms with E-state index in [0.717, 1.165) is 19.3 Å².